The van der Waals surface area contributed by atoms with Crippen molar-refractivity contribution in [2.45, 2.75) is 45.1 Å². The van der Waals surface area contributed by atoms with Crippen molar-refractivity contribution < 1.29 is 0 Å². The van der Waals surface area contributed by atoms with Crippen LogP contribution in [0.1, 0.15) is 42.5 Å². The fourth-order valence-electron chi connectivity index (χ4n) is 3.50. The Labute approximate surface area is 143 Å². The zero-order valence-corrected chi connectivity index (χ0v) is 14.5. The van der Waals surface area contributed by atoms with E-state index in [1.165, 1.54) is 24.0 Å². The Morgan fingerprint density at radius 2 is 1.78 bits per heavy atom. The van der Waals surface area contributed by atoms with Gasteiger partial charge in [0, 0.05) is 11.9 Å². The maximum absolute atomic E-state index is 5.58. The summed E-state index contributed by atoms with van der Waals surface area (Å²) in [6.45, 7) is 4.20. The SMILES string of the molecule is Cc1cc(C)cc(NC(=S)NC2(c3ccccn3)CCCC2)c1. The summed E-state index contributed by atoms with van der Waals surface area (Å²) in [5.74, 6) is 0. The third-order valence-corrected chi connectivity index (χ3v) is 4.65. The van der Waals surface area contributed by atoms with Crippen molar-refractivity contribution in [1.82, 2.24) is 10.3 Å². The number of hydrogen-bond donors (Lipinski definition) is 2. The second kappa shape index (κ2) is 6.67. The normalized spacial score (nSPS) is 16.1. The molecule has 1 aromatic carbocycles. The zero-order chi connectivity index (χ0) is 16.3. The molecule has 23 heavy (non-hydrogen) atoms. The molecule has 0 saturated heterocycles. The number of aryl methyl sites for hydroxylation is 2. The van der Waals surface area contributed by atoms with E-state index in [4.69, 9.17) is 12.2 Å². The Morgan fingerprint density at radius 1 is 1.09 bits per heavy atom. The molecule has 1 aliphatic rings. The molecule has 3 rings (SSSR count). The second-order valence-corrected chi connectivity index (χ2v) is 6.87. The van der Waals surface area contributed by atoms with Crippen LogP contribution in [-0.2, 0) is 5.54 Å². The number of nitrogens with one attached hydrogen (secondary N) is 2. The quantitative estimate of drug-likeness (QED) is 0.817. The van der Waals surface area contributed by atoms with Crippen LogP contribution < -0.4 is 10.6 Å². The predicted molar refractivity (Wildman–Crippen MR) is 99.7 cm³/mol. The van der Waals surface area contributed by atoms with Crippen LogP contribution in [0.2, 0.25) is 0 Å². The van der Waals surface area contributed by atoms with E-state index in [2.05, 4.69) is 53.7 Å². The number of rotatable bonds is 3. The van der Waals surface area contributed by atoms with E-state index < -0.39 is 0 Å². The maximum Gasteiger partial charge on any atom is 0.171 e. The standard InChI is InChI=1S/C19H23N3S/c1-14-11-15(2)13-16(12-14)21-18(23)22-19(8-4-5-9-19)17-7-3-6-10-20-17/h3,6-7,10-13H,4-5,8-9H2,1-2H3,(H2,21,22,23). The first-order valence-corrected chi connectivity index (χ1v) is 8.57. The van der Waals surface area contributed by atoms with E-state index in [-0.39, 0.29) is 5.54 Å². The minimum Gasteiger partial charge on any atom is -0.351 e. The van der Waals surface area contributed by atoms with Gasteiger partial charge in [-0.3, -0.25) is 4.98 Å². The zero-order valence-electron chi connectivity index (χ0n) is 13.7. The number of benzene rings is 1. The van der Waals surface area contributed by atoms with Gasteiger partial charge < -0.3 is 10.6 Å². The minimum atomic E-state index is -0.135. The van der Waals surface area contributed by atoms with Crippen molar-refractivity contribution in [2.75, 3.05) is 5.32 Å². The van der Waals surface area contributed by atoms with Crippen molar-refractivity contribution in [3.05, 3.63) is 59.4 Å². The molecular formula is C19H23N3S. The highest BCUT2D eigenvalue weighted by Gasteiger charge is 2.37. The van der Waals surface area contributed by atoms with Crippen molar-refractivity contribution in [3.8, 4) is 0 Å². The van der Waals surface area contributed by atoms with Crippen LogP contribution >= 0.6 is 12.2 Å². The Hall–Kier alpha value is -1.94. The fraction of sp³-hybridized carbons (Fsp3) is 0.368. The van der Waals surface area contributed by atoms with E-state index in [9.17, 15) is 0 Å². The molecule has 0 aliphatic heterocycles. The summed E-state index contributed by atoms with van der Waals surface area (Å²) in [6, 6.07) is 12.5. The van der Waals surface area contributed by atoms with Gasteiger partial charge in [-0.15, -0.1) is 0 Å². The lowest BCUT2D eigenvalue weighted by Gasteiger charge is -2.31. The predicted octanol–water partition coefficient (Wildman–Crippen LogP) is 4.45. The molecule has 0 amide bonds. The van der Waals surface area contributed by atoms with Crippen LogP contribution in [-0.4, -0.2) is 10.1 Å². The van der Waals surface area contributed by atoms with Crippen LogP contribution in [0.25, 0.3) is 0 Å². The highest BCUT2D eigenvalue weighted by molar-refractivity contribution is 7.80. The van der Waals surface area contributed by atoms with Crippen molar-refractivity contribution in [2.24, 2.45) is 0 Å². The molecule has 0 spiro atoms. The third kappa shape index (κ3) is 3.70. The average Bonchev–Trinajstić information content (AvgIpc) is 2.96. The molecule has 0 radical (unpaired) electrons. The summed E-state index contributed by atoms with van der Waals surface area (Å²) in [6.07, 6.45) is 6.40. The average molecular weight is 325 g/mol. The molecule has 1 aliphatic carbocycles. The van der Waals surface area contributed by atoms with E-state index in [0.29, 0.717) is 5.11 Å². The van der Waals surface area contributed by atoms with Gasteiger partial charge in [-0.2, -0.15) is 0 Å². The highest BCUT2D eigenvalue weighted by atomic mass is 32.1. The van der Waals surface area contributed by atoms with Crippen LogP contribution in [0.4, 0.5) is 5.69 Å². The fourth-order valence-corrected chi connectivity index (χ4v) is 3.81. The van der Waals surface area contributed by atoms with Gasteiger partial charge in [-0.25, -0.2) is 0 Å². The van der Waals surface area contributed by atoms with Gasteiger partial charge in [0.25, 0.3) is 0 Å². The van der Waals surface area contributed by atoms with Gasteiger partial charge in [0.2, 0.25) is 0 Å². The summed E-state index contributed by atoms with van der Waals surface area (Å²) in [4.78, 5) is 4.57. The maximum atomic E-state index is 5.58. The molecule has 1 aromatic heterocycles. The lowest BCUT2D eigenvalue weighted by atomic mass is 9.93. The number of pyridine rings is 1. The number of anilines is 1. The summed E-state index contributed by atoms with van der Waals surface area (Å²) in [5, 5.41) is 7.56. The van der Waals surface area contributed by atoms with Crippen molar-refractivity contribution in [3.63, 3.8) is 0 Å². The van der Waals surface area contributed by atoms with E-state index in [1.807, 2.05) is 18.3 Å². The lowest BCUT2D eigenvalue weighted by Crippen LogP contribution is -2.46. The topological polar surface area (TPSA) is 37.0 Å². The Kier molecular flexibility index (Phi) is 4.62. The Balaban J connectivity index is 1.77. The first-order valence-electron chi connectivity index (χ1n) is 8.16. The monoisotopic (exact) mass is 325 g/mol. The highest BCUT2D eigenvalue weighted by Crippen LogP contribution is 2.37. The number of thiocarbonyl (C=S) groups is 1. The lowest BCUT2D eigenvalue weighted by molar-refractivity contribution is 0.396. The van der Waals surface area contributed by atoms with Gasteiger partial charge in [0.1, 0.15) is 0 Å². The first kappa shape index (κ1) is 15.9. The van der Waals surface area contributed by atoms with Crippen molar-refractivity contribution >= 4 is 23.0 Å². The third-order valence-electron chi connectivity index (χ3n) is 4.44. The molecule has 0 unspecified atom stereocenters. The summed E-state index contributed by atoms with van der Waals surface area (Å²) in [7, 11) is 0. The molecule has 0 atom stereocenters. The first-order chi connectivity index (χ1) is 11.1. The largest absolute Gasteiger partial charge is 0.351 e. The summed E-state index contributed by atoms with van der Waals surface area (Å²) < 4.78 is 0. The molecule has 3 nitrogen and oxygen atoms in total. The molecule has 1 fully saturated rings. The van der Waals surface area contributed by atoms with Crippen LogP contribution in [0.3, 0.4) is 0 Å². The van der Waals surface area contributed by atoms with Crippen LogP contribution in [0.5, 0.6) is 0 Å². The van der Waals surface area contributed by atoms with Gasteiger partial charge >= 0.3 is 0 Å². The molecule has 0 bridgehead atoms. The Bertz CT molecular complexity index is 671. The molecule has 2 aromatic rings. The van der Waals surface area contributed by atoms with Crippen molar-refractivity contribution in [1.29, 1.82) is 0 Å². The van der Waals surface area contributed by atoms with Gasteiger partial charge in [0.05, 0.1) is 11.2 Å². The van der Waals surface area contributed by atoms with Gasteiger partial charge in [-0.05, 0) is 74.3 Å². The summed E-state index contributed by atoms with van der Waals surface area (Å²) in [5.41, 5.74) is 4.45. The molecule has 120 valence electrons. The van der Waals surface area contributed by atoms with Gasteiger partial charge in [-0.1, -0.05) is 25.0 Å². The smallest absolute Gasteiger partial charge is 0.171 e. The summed E-state index contributed by atoms with van der Waals surface area (Å²) >= 11 is 5.58. The Morgan fingerprint density at radius 3 is 2.39 bits per heavy atom. The molecular weight excluding hydrogens is 302 g/mol. The number of nitrogens with zero attached hydrogens (tertiary/aromatic N) is 1. The van der Waals surface area contributed by atoms with E-state index in [1.54, 1.807) is 0 Å². The number of aromatic nitrogens is 1. The molecule has 1 saturated carbocycles. The molecule has 1 heterocycles. The van der Waals surface area contributed by atoms with Crippen LogP contribution in [0, 0.1) is 13.8 Å². The van der Waals surface area contributed by atoms with Gasteiger partial charge in [0.15, 0.2) is 5.11 Å². The number of hydrogen-bond acceptors (Lipinski definition) is 2. The molecule has 2 N–H and O–H groups in total. The second-order valence-electron chi connectivity index (χ2n) is 6.46. The van der Waals surface area contributed by atoms with E-state index in [0.717, 1.165) is 24.2 Å². The molecule has 4 heteroatoms. The minimum absolute atomic E-state index is 0.135. The van der Waals surface area contributed by atoms with E-state index >= 15 is 0 Å². The van der Waals surface area contributed by atoms with Crippen LogP contribution in [0.15, 0.2) is 42.6 Å².